The van der Waals surface area contributed by atoms with Gasteiger partial charge in [-0.25, -0.2) is 4.79 Å². The molecule has 0 radical (unpaired) electrons. The lowest BCUT2D eigenvalue weighted by Crippen LogP contribution is -2.44. The van der Waals surface area contributed by atoms with Crippen LogP contribution in [0.2, 0.25) is 0 Å². The number of thioether (sulfide) groups is 2. The molecule has 0 saturated heterocycles. The van der Waals surface area contributed by atoms with E-state index in [1.807, 2.05) is 24.3 Å². The molecule has 0 aromatic heterocycles. The van der Waals surface area contributed by atoms with E-state index in [1.165, 1.54) is 24.6 Å². The van der Waals surface area contributed by atoms with E-state index < -0.39 is 11.4 Å². The number of rotatable bonds is 8. The number of urea groups is 1. The Labute approximate surface area is 192 Å². The molecule has 1 aromatic carbocycles. The summed E-state index contributed by atoms with van der Waals surface area (Å²) in [7, 11) is 1.62. The summed E-state index contributed by atoms with van der Waals surface area (Å²) >= 11 is 3.06. The van der Waals surface area contributed by atoms with Crippen molar-refractivity contribution in [3.05, 3.63) is 24.3 Å². The van der Waals surface area contributed by atoms with Crippen molar-refractivity contribution in [2.24, 2.45) is 16.3 Å². The highest BCUT2D eigenvalue weighted by Crippen LogP contribution is 2.34. The first-order valence-electron chi connectivity index (χ1n) is 10.6. The molecule has 1 fully saturated rings. The average Bonchev–Trinajstić information content (AvgIpc) is 3.42. The van der Waals surface area contributed by atoms with Gasteiger partial charge in [0.05, 0.1) is 23.7 Å². The van der Waals surface area contributed by atoms with Gasteiger partial charge in [0, 0.05) is 24.1 Å². The van der Waals surface area contributed by atoms with Crippen molar-refractivity contribution in [3.63, 3.8) is 0 Å². The predicted molar refractivity (Wildman–Crippen MR) is 128 cm³/mol. The monoisotopic (exact) mass is 465 g/mol. The van der Waals surface area contributed by atoms with Crippen LogP contribution in [-0.2, 0) is 4.79 Å². The second-order valence-corrected chi connectivity index (χ2v) is 11.3. The molecule has 2 N–H and O–H groups in total. The molecule has 1 aliphatic carbocycles. The van der Waals surface area contributed by atoms with Crippen LogP contribution in [0.5, 0.6) is 5.75 Å². The van der Waals surface area contributed by atoms with Crippen molar-refractivity contribution in [2.75, 3.05) is 30.9 Å². The smallest absolute Gasteiger partial charge is 0.327 e. The second-order valence-electron chi connectivity index (χ2n) is 8.59. The molecule has 0 bridgehead atoms. The Kier molecular flexibility index (Phi) is 8.16. The zero-order valence-corrected chi connectivity index (χ0v) is 19.9. The van der Waals surface area contributed by atoms with Gasteiger partial charge in [-0.05, 0) is 44.7 Å². The van der Waals surface area contributed by atoms with E-state index >= 15 is 0 Å². The molecule has 31 heavy (non-hydrogen) atoms. The molecule has 1 atom stereocenters. The average molecular weight is 466 g/mol. The maximum atomic E-state index is 13.2. The number of hydrogen-bond acceptors (Lipinski definition) is 6. The van der Waals surface area contributed by atoms with Crippen LogP contribution in [0.25, 0.3) is 0 Å². The Hall–Kier alpha value is -1.87. The maximum absolute atomic E-state index is 13.2. The maximum Gasteiger partial charge on any atom is 0.327 e. The number of aliphatic carboxylic acids is 1. The SMILES string of the molecule is COc1cccc(N(CC2CCCC2)C(=O)NC2=NCC(SCC(C)(C)C(=O)O)S2)c1. The third kappa shape index (κ3) is 6.55. The minimum absolute atomic E-state index is 0.106. The molecular weight excluding hydrogens is 434 g/mol. The number of carbonyl (C=O) groups is 2. The third-order valence-corrected chi connectivity index (χ3v) is 8.55. The molecule has 3 rings (SSSR count). The number of carbonyl (C=O) groups excluding carboxylic acids is 1. The molecular formula is C22H31N3O4S2. The van der Waals surface area contributed by atoms with Crippen molar-refractivity contribution in [1.82, 2.24) is 5.32 Å². The number of aliphatic imine (C=N–C) groups is 1. The number of anilines is 1. The van der Waals surface area contributed by atoms with Gasteiger partial charge in [-0.3, -0.25) is 20.0 Å². The molecule has 1 unspecified atom stereocenters. The molecule has 1 aromatic rings. The van der Waals surface area contributed by atoms with Gasteiger partial charge in [0.15, 0.2) is 5.17 Å². The van der Waals surface area contributed by atoms with E-state index in [1.54, 1.807) is 37.6 Å². The van der Waals surface area contributed by atoms with Crippen LogP contribution in [0.15, 0.2) is 29.3 Å². The highest BCUT2D eigenvalue weighted by molar-refractivity contribution is 8.25. The first-order valence-corrected chi connectivity index (χ1v) is 12.5. The molecule has 1 aliphatic heterocycles. The standard InChI is InChI=1S/C22H31N3O4S2/c1-22(2,19(26)27)14-30-18-12-23-20(31-18)24-21(28)25(13-15-7-4-5-8-15)16-9-6-10-17(11-16)29-3/h6,9-11,15,18H,4-5,7-8,12-14H2,1-3H3,(H,26,27)(H,23,24,28). The molecule has 1 heterocycles. The van der Waals surface area contributed by atoms with Crippen molar-refractivity contribution in [2.45, 2.75) is 44.1 Å². The lowest BCUT2D eigenvalue weighted by atomic mass is 9.97. The fraction of sp³-hybridized carbons (Fsp3) is 0.591. The van der Waals surface area contributed by atoms with Crippen molar-refractivity contribution < 1.29 is 19.4 Å². The van der Waals surface area contributed by atoms with Crippen LogP contribution >= 0.6 is 23.5 Å². The number of ether oxygens (including phenoxy) is 1. The van der Waals surface area contributed by atoms with Gasteiger partial charge in [0.25, 0.3) is 0 Å². The first kappa shape index (κ1) is 23.8. The molecule has 170 valence electrons. The summed E-state index contributed by atoms with van der Waals surface area (Å²) in [6.45, 7) is 4.67. The summed E-state index contributed by atoms with van der Waals surface area (Å²) < 4.78 is 5.45. The van der Waals surface area contributed by atoms with E-state index in [-0.39, 0.29) is 10.6 Å². The van der Waals surface area contributed by atoms with E-state index in [9.17, 15) is 14.7 Å². The third-order valence-electron chi connectivity index (χ3n) is 5.58. The van der Waals surface area contributed by atoms with Crippen LogP contribution in [0.3, 0.4) is 0 Å². The minimum Gasteiger partial charge on any atom is -0.497 e. The van der Waals surface area contributed by atoms with Gasteiger partial charge < -0.3 is 9.84 Å². The van der Waals surface area contributed by atoms with Crippen molar-refractivity contribution in [3.8, 4) is 5.75 Å². The summed E-state index contributed by atoms with van der Waals surface area (Å²) in [6.07, 6.45) is 4.71. The molecule has 2 aliphatic rings. The molecule has 0 spiro atoms. The Morgan fingerprint density at radius 2 is 2.10 bits per heavy atom. The highest BCUT2D eigenvalue weighted by atomic mass is 32.2. The number of amides is 2. The number of carboxylic acids is 1. The summed E-state index contributed by atoms with van der Waals surface area (Å²) in [5.74, 6) is 0.899. The largest absolute Gasteiger partial charge is 0.497 e. The minimum atomic E-state index is -0.807. The zero-order valence-electron chi connectivity index (χ0n) is 18.3. The van der Waals surface area contributed by atoms with Gasteiger partial charge in [-0.1, -0.05) is 30.7 Å². The summed E-state index contributed by atoms with van der Waals surface area (Å²) in [5.41, 5.74) is 0.0169. The van der Waals surface area contributed by atoms with Crippen LogP contribution in [0.4, 0.5) is 10.5 Å². The highest BCUT2D eigenvalue weighted by Gasteiger charge is 2.31. The Bertz CT molecular complexity index is 825. The number of hydrogen-bond donors (Lipinski definition) is 2. The Balaban J connectivity index is 1.61. The van der Waals surface area contributed by atoms with Crippen LogP contribution < -0.4 is 15.0 Å². The lowest BCUT2D eigenvalue weighted by molar-refractivity contribution is -0.145. The fourth-order valence-corrected chi connectivity index (χ4v) is 5.92. The predicted octanol–water partition coefficient (Wildman–Crippen LogP) is 4.67. The summed E-state index contributed by atoms with van der Waals surface area (Å²) in [5, 5.41) is 12.9. The molecule has 2 amide bonds. The number of amidine groups is 1. The van der Waals surface area contributed by atoms with Crippen molar-refractivity contribution >= 4 is 46.4 Å². The number of benzene rings is 1. The number of nitrogens with zero attached hydrogens (tertiary/aromatic N) is 2. The van der Waals surface area contributed by atoms with Gasteiger partial charge in [-0.15, -0.1) is 11.8 Å². The number of nitrogens with one attached hydrogen (secondary N) is 1. The topological polar surface area (TPSA) is 91.2 Å². The summed E-state index contributed by atoms with van der Waals surface area (Å²) in [4.78, 5) is 30.8. The molecule has 9 heteroatoms. The summed E-state index contributed by atoms with van der Waals surface area (Å²) in [6, 6.07) is 7.37. The second kappa shape index (κ2) is 10.6. The van der Waals surface area contributed by atoms with Gasteiger partial charge in [0.2, 0.25) is 0 Å². The van der Waals surface area contributed by atoms with Crippen LogP contribution in [-0.4, -0.2) is 52.8 Å². The van der Waals surface area contributed by atoms with E-state index in [0.717, 1.165) is 18.5 Å². The zero-order chi connectivity index (χ0) is 22.4. The number of methoxy groups -OCH3 is 1. The van der Waals surface area contributed by atoms with Gasteiger partial charge in [0.1, 0.15) is 5.75 Å². The lowest BCUT2D eigenvalue weighted by Gasteiger charge is -2.26. The first-order chi connectivity index (χ1) is 14.8. The van der Waals surface area contributed by atoms with Crippen LogP contribution in [0, 0.1) is 11.3 Å². The molecule has 1 saturated carbocycles. The fourth-order valence-electron chi connectivity index (χ4n) is 3.57. The quantitative estimate of drug-likeness (QED) is 0.580. The van der Waals surface area contributed by atoms with E-state index in [2.05, 4.69) is 10.3 Å². The van der Waals surface area contributed by atoms with Gasteiger partial charge in [-0.2, -0.15) is 0 Å². The Morgan fingerprint density at radius 3 is 2.77 bits per heavy atom. The number of carboxylic acid groups (broad SMARTS) is 1. The van der Waals surface area contributed by atoms with Crippen LogP contribution in [0.1, 0.15) is 39.5 Å². The van der Waals surface area contributed by atoms with E-state index in [4.69, 9.17) is 4.74 Å². The van der Waals surface area contributed by atoms with Crippen molar-refractivity contribution in [1.29, 1.82) is 0 Å². The molecule has 7 nitrogen and oxygen atoms in total. The Morgan fingerprint density at radius 1 is 1.35 bits per heavy atom. The van der Waals surface area contributed by atoms with E-state index in [0.29, 0.717) is 35.7 Å². The normalized spacial score (nSPS) is 19.2. The van der Waals surface area contributed by atoms with Gasteiger partial charge >= 0.3 is 12.0 Å².